The highest BCUT2D eigenvalue weighted by Gasteiger charge is 2.43. The fraction of sp³-hybridized carbons (Fsp3) is 0.536. The van der Waals surface area contributed by atoms with E-state index in [1.807, 2.05) is 21.9 Å². The molecule has 3 amide bonds. The molecule has 9 nitrogen and oxygen atoms in total. The summed E-state index contributed by atoms with van der Waals surface area (Å²) in [6.45, 7) is 1.78. The normalized spacial score (nSPS) is 23.2. The van der Waals surface area contributed by atoms with Gasteiger partial charge < -0.3 is 19.9 Å². The van der Waals surface area contributed by atoms with Crippen LogP contribution >= 0.6 is 11.6 Å². The zero-order valence-electron chi connectivity index (χ0n) is 21.7. The number of hydrogen-bond acceptors (Lipinski definition) is 6. The summed E-state index contributed by atoms with van der Waals surface area (Å²) in [5.74, 6) is -0.103. The number of fused-ring (bicyclic) bond motifs is 1. The zero-order chi connectivity index (χ0) is 26.6. The van der Waals surface area contributed by atoms with Gasteiger partial charge in [0.25, 0.3) is 0 Å². The fourth-order valence-corrected chi connectivity index (χ4v) is 6.43. The molecule has 1 aliphatic carbocycles. The molecule has 10 heteroatoms. The third kappa shape index (κ3) is 5.34. The van der Waals surface area contributed by atoms with Gasteiger partial charge in [0.15, 0.2) is 0 Å². The maximum atomic E-state index is 14.2. The Kier molecular flexibility index (Phi) is 8.12. The number of hydrogen-bond donors (Lipinski definition) is 1. The second-order valence-electron chi connectivity index (χ2n) is 10.3. The third-order valence-corrected chi connectivity index (χ3v) is 8.45. The first-order valence-corrected chi connectivity index (χ1v) is 13.8. The number of halogens is 1. The summed E-state index contributed by atoms with van der Waals surface area (Å²) in [6.07, 6.45) is 10.0. The van der Waals surface area contributed by atoms with E-state index in [1.165, 1.54) is 6.33 Å². The van der Waals surface area contributed by atoms with Gasteiger partial charge in [0.1, 0.15) is 18.7 Å². The third-order valence-electron chi connectivity index (χ3n) is 8.09. The number of nitrogens with one attached hydrogen (secondary N) is 1. The Morgan fingerprint density at radius 1 is 1.08 bits per heavy atom. The Morgan fingerprint density at radius 2 is 1.84 bits per heavy atom. The zero-order valence-corrected chi connectivity index (χ0v) is 22.5. The van der Waals surface area contributed by atoms with Crippen LogP contribution in [-0.2, 0) is 27.4 Å². The Hall–Kier alpha value is -3.20. The van der Waals surface area contributed by atoms with E-state index in [0.717, 1.165) is 36.0 Å². The molecule has 1 unspecified atom stereocenters. The number of amides is 3. The van der Waals surface area contributed by atoms with Crippen molar-refractivity contribution >= 4 is 29.3 Å². The SMILES string of the molecule is CNC(=O)[C@@H]1CCCCC1C(=O)N1CCc2c(Cl)ccc(OCc3cncnc3)c2[C@H]1CN1CCCC1=O. The molecular weight excluding hydrogens is 506 g/mol. The van der Waals surface area contributed by atoms with Crippen molar-refractivity contribution in [1.82, 2.24) is 25.1 Å². The smallest absolute Gasteiger partial charge is 0.227 e. The molecule has 2 aromatic rings. The maximum Gasteiger partial charge on any atom is 0.227 e. The summed E-state index contributed by atoms with van der Waals surface area (Å²) in [5, 5.41) is 3.38. The Morgan fingerprint density at radius 3 is 2.55 bits per heavy atom. The van der Waals surface area contributed by atoms with Gasteiger partial charge in [-0.1, -0.05) is 24.4 Å². The first kappa shape index (κ1) is 26.4. The van der Waals surface area contributed by atoms with Gasteiger partial charge in [-0.3, -0.25) is 14.4 Å². The molecule has 0 radical (unpaired) electrons. The number of rotatable bonds is 7. The Labute approximate surface area is 227 Å². The number of ether oxygens (including phenoxy) is 1. The lowest BCUT2D eigenvalue weighted by Gasteiger charge is -2.43. The molecule has 0 bridgehead atoms. The number of likely N-dealkylation sites (tertiary alicyclic amines) is 1. The molecule has 2 fully saturated rings. The summed E-state index contributed by atoms with van der Waals surface area (Å²) in [7, 11) is 1.63. The maximum absolute atomic E-state index is 14.2. The van der Waals surface area contributed by atoms with Crippen molar-refractivity contribution < 1.29 is 19.1 Å². The van der Waals surface area contributed by atoms with E-state index >= 15 is 0 Å². The average molecular weight is 540 g/mol. The number of carbonyl (C=O) groups excluding carboxylic acids is 3. The summed E-state index contributed by atoms with van der Waals surface area (Å²) in [4.78, 5) is 51.4. The van der Waals surface area contributed by atoms with Crippen LogP contribution in [-0.4, -0.2) is 64.2 Å². The molecule has 3 atom stereocenters. The van der Waals surface area contributed by atoms with Crippen molar-refractivity contribution in [2.24, 2.45) is 11.8 Å². The van der Waals surface area contributed by atoms with Gasteiger partial charge in [-0.2, -0.15) is 0 Å². The monoisotopic (exact) mass is 539 g/mol. The van der Waals surface area contributed by atoms with Crippen LogP contribution in [0.1, 0.15) is 61.3 Å². The van der Waals surface area contributed by atoms with E-state index in [-0.39, 0.29) is 36.2 Å². The van der Waals surface area contributed by atoms with E-state index in [2.05, 4.69) is 15.3 Å². The fourth-order valence-electron chi connectivity index (χ4n) is 6.17. The molecule has 202 valence electrons. The quantitative estimate of drug-likeness (QED) is 0.579. The highest BCUT2D eigenvalue weighted by molar-refractivity contribution is 6.31. The molecule has 1 aromatic carbocycles. The molecule has 2 aliphatic heterocycles. The second-order valence-corrected chi connectivity index (χ2v) is 10.7. The molecule has 5 rings (SSSR count). The van der Waals surface area contributed by atoms with Gasteiger partial charge in [0, 0.05) is 73.5 Å². The van der Waals surface area contributed by atoms with Gasteiger partial charge in [0.05, 0.1) is 6.04 Å². The van der Waals surface area contributed by atoms with Gasteiger partial charge in [-0.25, -0.2) is 9.97 Å². The first-order chi connectivity index (χ1) is 18.5. The molecule has 1 aromatic heterocycles. The van der Waals surface area contributed by atoms with Crippen LogP contribution in [0.15, 0.2) is 30.9 Å². The lowest BCUT2D eigenvalue weighted by atomic mass is 9.77. The van der Waals surface area contributed by atoms with Crippen LogP contribution in [0, 0.1) is 11.8 Å². The first-order valence-electron chi connectivity index (χ1n) is 13.5. The van der Waals surface area contributed by atoms with Crippen LogP contribution in [0.2, 0.25) is 5.02 Å². The van der Waals surface area contributed by atoms with Crippen molar-refractivity contribution in [3.63, 3.8) is 0 Å². The van der Waals surface area contributed by atoms with E-state index in [0.29, 0.717) is 56.1 Å². The lowest BCUT2D eigenvalue weighted by Crippen LogP contribution is -2.50. The number of aromatic nitrogens is 2. The lowest BCUT2D eigenvalue weighted by molar-refractivity contribution is -0.147. The summed E-state index contributed by atoms with van der Waals surface area (Å²) in [5.41, 5.74) is 2.61. The molecule has 0 spiro atoms. The van der Waals surface area contributed by atoms with E-state index in [9.17, 15) is 14.4 Å². The standard InChI is InChI=1S/C28H34ClN5O4/c1-30-27(36)19-5-2-3-6-20(19)28(37)34-12-10-21-22(29)8-9-24(38-16-18-13-31-17-32-14-18)26(21)23(34)15-33-11-4-7-25(33)35/h8-9,13-14,17,19-20,23H,2-7,10-12,15-16H2,1H3,(H,30,36)/t19-,20?,23-/m1/s1. The van der Waals surface area contributed by atoms with Crippen molar-refractivity contribution in [2.75, 3.05) is 26.7 Å². The van der Waals surface area contributed by atoms with E-state index < -0.39 is 6.04 Å². The van der Waals surface area contributed by atoms with Crippen molar-refractivity contribution in [3.05, 3.63) is 52.6 Å². The molecule has 3 aliphatic rings. The molecule has 1 saturated heterocycles. The predicted octanol–water partition coefficient (Wildman–Crippen LogP) is 3.31. The van der Waals surface area contributed by atoms with E-state index in [1.54, 1.807) is 19.4 Å². The number of carbonyl (C=O) groups is 3. The highest BCUT2D eigenvalue weighted by atomic mass is 35.5. The van der Waals surface area contributed by atoms with Gasteiger partial charge in [0.2, 0.25) is 17.7 Å². The minimum absolute atomic E-state index is 0.0250. The predicted molar refractivity (Wildman–Crippen MR) is 141 cm³/mol. The molecule has 38 heavy (non-hydrogen) atoms. The van der Waals surface area contributed by atoms with Gasteiger partial charge in [-0.05, 0) is 43.4 Å². The van der Waals surface area contributed by atoms with Crippen molar-refractivity contribution in [3.8, 4) is 5.75 Å². The topological polar surface area (TPSA) is 105 Å². The summed E-state index contributed by atoms with van der Waals surface area (Å²) < 4.78 is 6.27. The van der Waals surface area contributed by atoms with Crippen molar-refractivity contribution in [2.45, 2.75) is 57.6 Å². The Balaban J connectivity index is 1.51. The minimum Gasteiger partial charge on any atom is -0.488 e. The van der Waals surface area contributed by atoms with Crippen LogP contribution in [0.5, 0.6) is 5.75 Å². The van der Waals surface area contributed by atoms with Gasteiger partial charge in [-0.15, -0.1) is 0 Å². The van der Waals surface area contributed by atoms with Crippen LogP contribution < -0.4 is 10.1 Å². The summed E-state index contributed by atoms with van der Waals surface area (Å²) >= 11 is 6.69. The number of benzene rings is 1. The largest absolute Gasteiger partial charge is 0.488 e. The Bertz CT molecular complexity index is 1190. The summed E-state index contributed by atoms with van der Waals surface area (Å²) in [6, 6.07) is 3.25. The number of nitrogens with zero attached hydrogens (tertiary/aromatic N) is 4. The van der Waals surface area contributed by atoms with Crippen LogP contribution in [0.25, 0.3) is 0 Å². The molecular formula is C28H34ClN5O4. The molecule has 3 heterocycles. The molecule has 1 N–H and O–H groups in total. The van der Waals surface area contributed by atoms with Crippen LogP contribution in [0.4, 0.5) is 0 Å². The average Bonchev–Trinajstić information content (AvgIpc) is 3.36. The second kappa shape index (κ2) is 11.7. The van der Waals surface area contributed by atoms with E-state index in [4.69, 9.17) is 16.3 Å². The minimum atomic E-state index is -0.415. The van der Waals surface area contributed by atoms with Gasteiger partial charge >= 0.3 is 0 Å². The van der Waals surface area contributed by atoms with Crippen LogP contribution in [0.3, 0.4) is 0 Å². The highest BCUT2D eigenvalue weighted by Crippen LogP contribution is 2.43. The van der Waals surface area contributed by atoms with Crippen molar-refractivity contribution in [1.29, 1.82) is 0 Å². The molecule has 1 saturated carbocycles.